The molecule has 0 heterocycles. The van der Waals surface area contributed by atoms with Gasteiger partial charge in [0.1, 0.15) is 17.9 Å². The second-order valence-corrected chi connectivity index (χ2v) is 4.19. The minimum absolute atomic E-state index is 0.0297. The van der Waals surface area contributed by atoms with Crippen molar-refractivity contribution >= 4 is 34.6 Å². The van der Waals surface area contributed by atoms with Gasteiger partial charge >= 0.3 is 6.11 Å². The Balaban J connectivity index is 2.99. The quantitative estimate of drug-likeness (QED) is 0.505. The molecule has 0 aliphatic rings. The molecule has 0 fully saturated rings. The number of nitrogens with one attached hydrogen (secondary N) is 1. The first-order chi connectivity index (χ1) is 9.80. The highest BCUT2D eigenvalue weighted by Crippen LogP contribution is 2.32. The molecule has 1 rings (SSSR count). The van der Waals surface area contributed by atoms with Crippen molar-refractivity contribution in [2.75, 3.05) is 5.43 Å². The Morgan fingerprint density at radius 1 is 1.38 bits per heavy atom. The number of alkyl halides is 4. The molecule has 0 spiro atoms. The summed E-state index contributed by atoms with van der Waals surface area (Å²) in [6.45, 7) is 0. The number of halogens is 5. The molecule has 0 aliphatic carbocycles. The van der Waals surface area contributed by atoms with Crippen LogP contribution in [0.1, 0.15) is 0 Å². The smallest absolute Gasteiger partial charge is 0.429 e. The van der Waals surface area contributed by atoms with Gasteiger partial charge in [0.15, 0.2) is 0 Å². The van der Waals surface area contributed by atoms with Crippen molar-refractivity contribution < 1.29 is 17.9 Å². The molecule has 1 atom stereocenters. The molecule has 0 saturated heterocycles. The van der Waals surface area contributed by atoms with Crippen molar-refractivity contribution in [2.24, 2.45) is 5.10 Å². The van der Waals surface area contributed by atoms with Crippen molar-refractivity contribution in [1.82, 2.24) is 0 Å². The van der Waals surface area contributed by atoms with Crippen LogP contribution in [0.4, 0.5) is 18.9 Å². The lowest BCUT2D eigenvalue weighted by Gasteiger charge is -2.18. The van der Waals surface area contributed by atoms with Crippen LogP contribution in [0.15, 0.2) is 23.3 Å². The van der Waals surface area contributed by atoms with E-state index in [1.165, 1.54) is 18.2 Å². The Kier molecular flexibility index (Phi) is 5.65. The van der Waals surface area contributed by atoms with Gasteiger partial charge < -0.3 is 4.74 Å². The van der Waals surface area contributed by atoms with Crippen LogP contribution in [0.25, 0.3) is 0 Å². The topological polar surface area (TPSA) is 81.2 Å². The molecule has 110 valence electrons. The first-order valence-electron chi connectivity index (χ1n) is 5.08. The largest absolute Gasteiger partial charge is 0.444 e. The first kappa shape index (κ1) is 16.9. The van der Waals surface area contributed by atoms with E-state index in [0.29, 0.717) is 0 Å². The Bertz CT molecular complexity index is 621. The molecule has 1 unspecified atom stereocenters. The molecule has 1 N–H and O–H groups in total. The van der Waals surface area contributed by atoms with Gasteiger partial charge in [0, 0.05) is 6.07 Å². The average molecular weight is 337 g/mol. The Morgan fingerprint density at radius 2 is 2.00 bits per heavy atom. The van der Waals surface area contributed by atoms with Crippen LogP contribution < -0.4 is 10.2 Å². The number of hydrazone groups is 1. The molecule has 0 radical (unpaired) electrons. The summed E-state index contributed by atoms with van der Waals surface area (Å²) < 4.78 is 42.5. The maximum absolute atomic E-state index is 13.0. The third-order valence-electron chi connectivity index (χ3n) is 1.95. The predicted octanol–water partition coefficient (Wildman–Crippen LogP) is 3.66. The molecular formula is C11H5Cl2F3N4O. The fraction of sp³-hybridized carbons (Fsp3) is 0.182. The number of hydrogen-bond acceptors (Lipinski definition) is 5. The zero-order valence-electron chi connectivity index (χ0n) is 9.95. The van der Waals surface area contributed by atoms with Crippen LogP contribution in [-0.2, 0) is 0 Å². The highest BCUT2D eigenvalue weighted by molar-refractivity contribution is 6.33. The zero-order valence-corrected chi connectivity index (χ0v) is 11.5. The summed E-state index contributed by atoms with van der Waals surface area (Å²) in [6, 6.07) is 6.15. The van der Waals surface area contributed by atoms with Gasteiger partial charge in [-0.2, -0.15) is 24.4 Å². The van der Waals surface area contributed by atoms with Gasteiger partial charge in [-0.1, -0.05) is 23.2 Å². The van der Waals surface area contributed by atoms with Gasteiger partial charge in [-0.25, -0.2) is 4.39 Å². The summed E-state index contributed by atoms with van der Waals surface area (Å²) >= 11 is 10.4. The van der Waals surface area contributed by atoms with Crippen LogP contribution >= 0.6 is 23.2 Å². The Labute approximate surface area is 127 Å². The summed E-state index contributed by atoms with van der Waals surface area (Å²) in [5.74, 6) is -0.444. The van der Waals surface area contributed by atoms with Gasteiger partial charge in [0.05, 0.1) is 10.7 Å². The average Bonchev–Trinajstić information content (AvgIpc) is 2.42. The number of hydrogen-bond donors (Lipinski definition) is 1. The molecule has 5 nitrogen and oxygen atoms in total. The van der Waals surface area contributed by atoms with Crippen LogP contribution in [0.3, 0.4) is 0 Å². The van der Waals surface area contributed by atoms with Crippen molar-refractivity contribution in [3.63, 3.8) is 0 Å². The lowest BCUT2D eigenvalue weighted by Crippen LogP contribution is -2.32. The molecule has 0 amide bonds. The fourth-order valence-electron chi connectivity index (χ4n) is 1.05. The number of ether oxygens (including phenoxy) is 1. The molecule has 21 heavy (non-hydrogen) atoms. The number of nitriles is 2. The number of nitrogens with zero attached hydrogens (tertiary/aromatic N) is 3. The van der Waals surface area contributed by atoms with Crippen LogP contribution in [0.2, 0.25) is 5.02 Å². The highest BCUT2D eigenvalue weighted by atomic mass is 35.5. The van der Waals surface area contributed by atoms with E-state index in [-0.39, 0.29) is 10.7 Å². The van der Waals surface area contributed by atoms with Gasteiger partial charge in [0.25, 0.3) is 5.63 Å². The van der Waals surface area contributed by atoms with Gasteiger partial charge in [-0.05, 0) is 12.1 Å². The molecule has 10 heteroatoms. The molecule has 0 aromatic heterocycles. The summed E-state index contributed by atoms with van der Waals surface area (Å²) in [4.78, 5) is 0. The van der Waals surface area contributed by atoms with Crippen LogP contribution in [-0.4, -0.2) is 17.5 Å². The SMILES string of the molecule is N#CC(C#N)=NNc1cc(OC(F)(F)C(F)Cl)ccc1Cl. The second kappa shape index (κ2) is 7.02. The number of rotatable bonds is 5. The van der Waals surface area contributed by atoms with E-state index in [2.05, 4.69) is 26.9 Å². The Hall–Kier alpha value is -2.16. The summed E-state index contributed by atoms with van der Waals surface area (Å²) in [6.07, 6.45) is -4.24. The lowest BCUT2D eigenvalue weighted by molar-refractivity contribution is -0.198. The fourth-order valence-corrected chi connectivity index (χ4v) is 1.25. The summed E-state index contributed by atoms with van der Waals surface area (Å²) in [5, 5.41) is 20.4. The lowest BCUT2D eigenvalue weighted by atomic mass is 10.3. The van der Waals surface area contributed by atoms with Gasteiger partial charge in [-0.15, -0.1) is 0 Å². The minimum atomic E-state index is -4.24. The second-order valence-electron chi connectivity index (χ2n) is 3.40. The molecule has 0 bridgehead atoms. The van der Waals surface area contributed by atoms with Crippen LogP contribution in [0.5, 0.6) is 5.75 Å². The molecule has 1 aromatic rings. The summed E-state index contributed by atoms with van der Waals surface area (Å²) in [7, 11) is 0. The van der Waals surface area contributed by atoms with Crippen LogP contribution in [0, 0.1) is 22.7 Å². The van der Waals surface area contributed by atoms with E-state index in [4.69, 9.17) is 22.1 Å². The van der Waals surface area contributed by atoms with Gasteiger partial charge in [0.2, 0.25) is 5.71 Å². The predicted molar refractivity (Wildman–Crippen MR) is 70.1 cm³/mol. The van der Waals surface area contributed by atoms with Crippen molar-refractivity contribution in [3.05, 3.63) is 23.2 Å². The number of anilines is 1. The molecule has 0 aliphatic heterocycles. The van der Waals surface area contributed by atoms with Crippen molar-refractivity contribution in [2.45, 2.75) is 11.7 Å². The number of benzene rings is 1. The standard InChI is InChI=1S/C11H5Cl2F3N4O/c12-8-2-1-7(21-11(15,16)10(13)14)3-9(8)20-19-6(4-17)5-18/h1-3,10,20H. The van der Waals surface area contributed by atoms with Gasteiger partial charge in [-0.3, -0.25) is 5.43 Å². The van der Waals surface area contributed by atoms with E-state index in [1.807, 2.05) is 0 Å². The monoisotopic (exact) mass is 336 g/mol. The third-order valence-corrected chi connectivity index (χ3v) is 2.53. The zero-order chi connectivity index (χ0) is 16.0. The van der Waals surface area contributed by atoms with E-state index in [0.717, 1.165) is 12.1 Å². The maximum atomic E-state index is 13.0. The van der Waals surface area contributed by atoms with E-state index in [9.17, 15) is 13.2 Å². The molecule has 0 saturated carbocycles. The first-order valence-corrected chi connectivity index (χ1v) is 5.90. The molecule has 1 aromatic carbocycles. The third kappa shape index (κ3) is 4.71. The van der Waals surface area contributed by atoms with E-state index >= 15 is 0 Å². The minimum Gasteiger partial charge on any atom is -0.429 e. The maximum Gasteiger partial charge on any atom is 0.444 e. The molecular weight excluding hydrogens is 332 g/mol. The Morgan fingerprint density at radius 3 is 2.52 bits per heavy atom. The highest BCUT2D eigenvalue weighted by Gasteiger charge is 2.42. The normalized spacial score (nSPS) is 11.8. The van der Waals surface area contributed by atoms with Crippen molar-refractivity contribution in [1.29, 1.82) is 10.5 Å². The van der Waals surface area contributed by atoms with Crippen molar-refractivity contribution in [3.8, 4) is 17.9 Å². The van der Waals surface area contributed by atoms with E-state index in [1.54, 1.807) is 0 Å². The summed E-state index contributed by atoms with van der Waals surface area (Å²) in [5.41, 5.74) is -1.34. The van der Waals surface area contributed by atoms with E-state index < -0.39 is 23.2 Å².